The summed E-state index contributed by atoms with van der Waals surface area (Å²) in [4.78, 5) is 0. The first-order valence-electron chi connectivity index (χ1n) is 10.1. The van der Waals surface area contributed by atoms with E-state index in [4.69, 9.17) is 21.1 Å². The first-order valence-corrected chi connectivity index (χ1v) is 10.6. The van der Waals surface area contributed by atoms with E-state index in [1.54, 1.807) is 11.1 Å². The predicted molar refractivity (Wildman–Crippen MR) is 102 cm³/mol. The van der Waals surface area contributed by atoms with E-state index in [0.29, 0.717) is 11.3 Å². The van der Waals surface area contributed by atoms with Gasteiger partial charge in [0.15, 0.2) is 5.79 Å². The zero-order valence-corrected chi connectivity index (χ0v) is 16.8. The van der Waals surface area contributed by atoms with Gasteiger partial charge in [-0.25, -0.2) is 0 Å². The lowest BCUT2D eigenvalue weighted by atomic mass is 9.42. The van der Waals surface area contributed by atoms with E-state index >= 15 is 0 Å². The molecule has 0 N–H and O–H groups in total. The molecule has 0 amide bonds. The summed E-state index contributed by atoms with van der Waals surface area (Å²) in [6.45, 7) is 8.83. The van der Waals surface area contributed by atoms with Crippen molar-refractivity contribution in [3.05, 3.63) is 23.3 Å². The zero-order chi connectivity index (χ0) is 17.8. The van der Waals surface area contributed by atoms with Gasteiger partial charge < -0.3 is 9.47 Å². The minimum Gasteiger partial charge on any atom is -0.347 e. The molecular weight excluding hydrogens is 332 g/mol. The van der Waals surface area contributed by atoms with E-state index in [0.717, 1.165) is 26.1 Å². The highest BCUT2D eigenvalue weighted by molar-refractivity contribution is 6.25. The molecular formula is C22H33ClO2. The normalized spacial score (nSPS) is 42.2. The van der Waals surface area contributed by atoms with E-state index in [-0.39, 0.29) is 16.6 Å². The molecule has 1 heterocycles. The molecule has 1 saturated heterocycles. The van der Waals surface area contributed by atoms with E-state index in [2.05, 4.69) is 32.9 Å². The molecule has 1 aliphatic heterocycles. The highest BCUT2D eigenvalue weighted by Gasteiger charge is 2.65. The van der Waals surface area contributed by atoms with Gasteiger partial charge in [-0.15, -0.1) is 0 Å². The number of allylic oxidation sites excluding steroid dienone is 3. The molecule has 4 aliphatic rings. The Morgan fingerprint density at radius 1 is 1.12 bits per heavy atom. The Kier molecular flexibility index (Phi) is 4.41. The number of rotatable bonds is 2. The lowest BCUT2D eigenvalue weighted by Gasteiger charge is -2.64. The van der Waals surface area contributed by atoms with Gasteiger partial charge in [0.25, 0.3) is 0 Å². The summed E-state index contributed by atoms with van der Waals surface area (Å²) >= 11 is 5.91. The molecule has 2 saturated carbocycles. The summed E-state index contributed by atoms with van der Waals surface area (Å²) in [5.41, 5.74) is 4.10. The topological polar surface area (TPSA) is 18.5 Å². The minimum absolute atomic E-state index is 0.0449. The van der Waals surface area contributed by atoms with E-state index in [1.807, 2.05) is 0 Å². The third kappa shape index (κ3) is 2.43. The van der Waals surface area contributed by atoms with Gasteiger partial charge in [0, 0.05) is 17.4 Å². The summed E-state index contributed by atoms with van der Waals surface area (Å²) in [6, 6.07) is 0. The molecule has 2 nitrogen and oxygen atoms in total. The van der Waals surface area contributed by atoms with Gasteiger partial charge in [0.1, 0.15) is 0 Å². The second-order valence-corrected chi connectivity index (χ2v) is 9.79. The van der Waals surface area contributed by atoms with Crippen LogP contribution in [0.15, 0.2) is 23.3 Å². The van der Waals surface area contributed by atoms with Crippen LogP contribution in [0.3, 0.4) is 0 Å². The maximum Gasteiger partial charge on any atom is 0.173 e. The van der Waals surface area contributed by atoms with Gasteiger partial charge in [-0.2, -0.15) is 0 Å². The highest BCUT2D eigenvalue weighted by atomic mass is 35.5. The molecule has 3 atom stereocenters. The average Bonchev–Trinajstić information content (AvgIpc) is 3.08. The van der Waals surface area contributed by atoms with Crippen molar-refractivity contribution in [2.75, 3.05) is 13.2 Å². The first-order chi connectivity index (χ1) is 11.9. The first kappa shape index (κ1) is 18.1. The Morgan fingerprint density at radius 3 is 2.60 bits per heavy atom. The molecule has 3 heteroatoms. The molecule has 0 radical (unpaired) electrons. The van der Waals surface area contributed by atoms with Crippen LogP contribution in [0.4, 0.5) is 0 Å². The number of hydrogen-bond donors (Lipinski definition) is 0. The van der Waals surface area contributed by atoms with Crippen molar-refractivity contribution in [2.45, 2.75) is 77.9 Å². The summed E-state index contributed by atoms with van der Waals surface area (Å²) in [5.74, 6) is 0.256. The van der Waals surface area contributed by atoms with E-state index in [9.17, 15) is 0 Å². The number of halogens is 1. The molecule has 0 aromatic carbocycles. The van der Waals surface area contributed by atoms with Crippen LogP contribution in [0.5, 0.6) is 0 Å². The van der Waals surface area contributed by atoms with Crippen LogP contribution in [0.1, 0.15) is 72.1 Å². The monoisotopic (exact) mass is 364 g/mol. The summed E-state index contributed by atoms with van der Waals surface area (Å²) in [7, 11) is 0. The Labute approximate surface area is 158 Å². The summed E-state index contributed by atoms with van der Waals surface area (Å²) < 4.78 is 12.5. The summed E-state index contributed by atoms with van der Waals surface area (Å²) in [6.07, 6.45) is 14.5. The predicted octanol–water partition coefficient (Wildman–Crippen LogP) is 6.21. The molecule has 0 unspecified atom stereocenters. The van der Waals surface area contributed by atoms with Crippen molar-refractivity contribution in [3.63, 3.8) is 0 Å². The number of ether oxygens (including phenoxy) is 2. The molecule has 25 heavy (non-hydrogen) atoms. The Bertz CT molecular complexity index is 587. The smallest absolute Gasteiger partial charge is 0.173 e. The van der Waals surface area contributed by atoms with Crippen LogP contribution < -0.4 is 0 Å². The van der Waals surface area contributed by atoms with E-state index < -0.39 is 0 Å². The SMILES string of the molecule is CC1(C)[C@@H]2CC[C@@]3(C/C=C/Cl)CCCC=C3[C@@]2(C)CCC12OCCO2. The largest absolute Gasteiger partial charge is 0.347 e. The fourth-order valence-electron chi connectivity index (χ4n) is 7.10. The summed E-state index contributed by atoms with van der Waals surface area (Å²) in [5, 5.41) is 0. The van der Waals surface area contributed by atoms with Gasteiger partial charge in [-0.05, 0) is 61.7 Å². The van der Waals surface area contributed by atoms with Crippen LogP contribution >= 0.6 is 11.6 Å². The van der Waals surface area contributed by atoms with E-state index in [1.165, 1.54) is 38.5 Å². The zero-order valence-electron chi connectivity index (χ0n) is 16.1. The fraction of sp³-hybridized carbons (Fsp3) is 0.818. The minimum atomic E-state index is -0.359. The van der Waals surface area contributed by atoms with Crippen molar-refractivity contribution < 1.29 is 9.47 Å². The van der Waals surface area contributed by atoms with Crippen LogP contribution in [-0.2, 0) is 9.47 Å². The lowest BCUT2D eigenvalue weighted by Crippen LogP contribution is -2.62. The van der Waals surface area contributed by atoms with Crippen LogP contribution in [-0.4, -0.2) is 19.0 Å². The van der Waals surface area contributed by atoms with Crippen molar-refractivity contribution in [3.8, 4) is 0 Å². The fourth-order valence-corrected chi connectivity index (χ4v) is 7.19. The molecule has 3 fully saturated rings. The number of fused-ring (bicyclic) bond motifs is 3. The molecule has 1 spiro atoms. The standard InChI is InChI=1S/C22H33ClO2/c1-19(2)17-8-11-21(10-6-14-23)9-5-4-7-18(21)20(17,3)12-13-22(19)24-15-16-25-22/h6-7,14,17H,4-5,8-13,15-16H2,1-3H3/b14-6+/t17-,20-,21-/m0/s1. The average molecular weight is 365 g/mol. The van der Waals surface area contributed by atoms with Gasteiger partial charge in [0.2, 0.25) is 0 Å². The Balaban J connectivity index is 1.73. The van der Waals surface area contributed by atoms with Crippen molar-refractivity contribution >= 4 is 11.6 Å². The second kappa shape index (κ2) is 6.11. The quantitative estimate of drug-likeness (QED) is 0.542. The highest BCUT2D eigenvalue weighted by Crippen LogP contribution is 2.69. The third-order valence-electron chi connectivity index (χ3n) is 8.25. The lowest BCUT2D eigenvalue weighted by molar-refractivity contribution is -0.285. The van der Waals surface area contributed by atoms with Crippen molar-refractivity contribution in [1.29, 1.82) is 0 Å². The van der Waals surface area contributed by atoms with Crippen molar-refractivity contribution in [2.24, 2.45) is 22.2 Å². The molecule has 3 aliphatic carbocycles. The Morgan fingerprint density at radius 2 is 1.88 bits per heavy atom. The maximum atomic E-state index is 6.25. The Hall–Kier alpha value is -0.310. The molecule has 0 aromatic rings. The molecule has 140 valence electrons. The van der Waals surface area contributed by atoms with Gasteiger partial charge in [0.05, 0.1) is 13.2 Å². The van der Waals surface area contributed by atoms with Gasteiger partial charge in [-0.1, -0.05) is 50.1 Å². The van der Waals surface area contributed by atoms with Crippen LogP contribution in [0, 0.1) is 22.2 Å². The third-order valence-corrected chi connectivity index (χ3v) is 8.43. The van der Waals surface area contributed by atoms with Gasteiger partial charge >= 0.3 is 0 Å². The number of hydrogen-bond acceptors (Lipinski definition) is 2. The van der Waals surface area contributed by atoms with Crippen LogP contribution in [0.25, 0.3) is 0 Å². The maximum absolute atomic E-state index is 6.25. The van der Waals surface area contributed by atoms with Crippen molar-refractivity contribution in [1.82, 2.24) is 0 Å². The molecule has 0 bridgehead atoms. The van der Waals surface area contributed by atoms with Crippen LogP contribution in [0.2, 0.25) is 0 Å². The van der Waals surface area contributed by atoms with Gasteiger partial charge in [-0.3, -0.25) is 0 Å². The molecule has 4 rings (SSSR count). The second-order valence-electron chi connectivity index (χ2n) is 9.54. The molecule has 0 aromatic heterocycles.